The van der Waals surface area contributed by atoms with Crippen molar-refractivity contribution in [3.8, 4) is 5.75 Å². The van der Waals surface area contributed by atoms with Crippen LogP contribution in [-0.4, -0.2) is 51.4 Å². The van der Waals surface area contributed by atoms with Gasteiger partial charge in [0.05, 0.1) is 17.7 Å². The maximum absolute atomic E-state index is 13.9. The van der Waals surface area contributed by atoms with Crippen LogP contribution >= 0.6 is 11.6 Å². The van der Waals surface area contributed by atoms with Gasteiger partial charge in [-0.1, -0.05) is 54.9 Å². The van der Waals surface area contributed by atoms with Crippen molar-refractivity contribution in [2.24, 2.45) is 0 Å². The van der Waals surface area contributed by atoms with Crippen LogP contribution in [0.1, 0.15) is 25.8 Å². The Morgan fingerprint density at radius 1 is 0.974 bits per heavy atom. The quantitative estimate of drug-likeness (QED) is 0.354. The van der Waals surface area contributed by atoms with Crippen molar-refractivity contribution in [1.29, 1.82) is 0 Å². The summed E-state index contributed by atoms with van der Waals surface area (Å²) in [4.78, 5) is 28.3. The van der Waals surface area contributed by atoms with Crippen LogP contribution in [0.25, 0.3) is 0 Å². The number of hydrogen-bond donors (Lipinski definition) is 1. The molecule has 0 aromatic heterocycles. The lowest BCUT2D eigenvalue weighted by Crippen LogP contribution is -2.52. The van der Waals surface area contributed by atoms with Gasteiger partial charge in [-0.3, -0.25) is 13.9 Å². The fourth-order valence-electron chi connectivity index (χ4n) is 4.02. The first kappa shape index (κ1) is 29.0. The first-order valence-corrected chi connectivity index (χ1v) is 14.1. The van der Waals surface area contributed by atoms with Crippen LogP contribution in [0, 0.1) is 0 Å². The number of benzene rings is 3. The first-order valence-electron chi connectivity index (χ1n) is 12.2. The molecule has 0 fully saturated rings. The summed E-state index contributed by atoms with van der Waals surface area (Å²) in [6.45, 7) is 3.59. The Morgan fingerprint density at radius 3 is 2.24 bits per heavy atom. The number of carbonyl (C=O) groups excluding carboxylic acids is 2. The fourth-order valence-corrected chi connectivity index (χ4v) is 5.63. The molecule has 10 heteroatoms. The van der Waals surface area contributed by atoms with Gasteiger partial charge in [-0.25, -0.2) is 8.42 Å². The summed E-state index contributed by atoms with van der Waals surface area (Å²) >= 11 is 6.19. The van der Waals surface area contributed by atoms with Crippen LogP contribution in [0.2, 0.25) is 5.02 Å². The van der Waals surface area contributed by atoms with Gasteiger partial charge >= 0.3 is 0 Å². The molecule has 202 valence electrons. The highest BCUT2D eigenvalue weighted by Crippen LogP contribution is 2.27. The van der Waals surface area contributed by atoms with Gasteiger partial charge in [0.2, 0.25) is 11.8 Å². The smallest absolute Gasteiger partial charge is 0.264 e. The number of methoxy groups -OCH3 is 1. The van der Waals surface area contributed by atoms with Crippen LogP contribution in [-0.2, 0) is 26.2 Å². The predicted molar refractivity (Wildman–Crippen MR) is 149 cm³/mol. The number of ether oxygens (including phenoxy) is 1. The Kier molecular flexibility index (Phi) is 10.2. The third kappa shape index (κ3) is 7.05. The molecule has 0 aliphatic carbocycles. The third-order valence-electron chi connectivity index (χ3n) is 5.96. The Balaban J connectivity index is 2.04. The minimum absolute atomic E-state index is 0.0326. The number of nitrogens with zero attached hydrogens (tertiary/aromatic N) is 2. The highest BCUT2D eigenvalue weighted by Gasteiger charge is 2.33. The van der Waals surface area contributed by atoms with Crippen LogP contribution in [0.4, 0.5) is 5.69 Å². The normalized spacial score (nSPS) is 11.9. The summed E-state index contributed by atoms with van der Waals surface area (Å²) in [6.07, 6.45) is 0.344. The molecule has 3 aromatic rings. The van der Waals surface area contributed by atoms with Crippen molar-refractivity contribution >= 4 is 39.1 Å². The zero-order chi connectivity index (χ0) is 27.7. The van der Waals surface area contributed by atoms with E-state index in [1.807, 2.05) is 6.92 Å². The zero-order valence-electron chi connectivity index (χ0n) is 21.6. The highest BCUT2D eigenvalue weighted by atomic mass is 35.5. The number of halogens is 1. The molecular weight excluding hydrogens is 526 g/mol. The number of sulfonamides is 1. The molecule has 2 amide bonds. The molecule has 1 unspecified atom stereocenters. The second kappa shape index (κ2) is 13.3. The Bertz CT molecular complexity index is 1330. The maximum Gasteiger partial charge on any atom is 0.264 e. The molecule has 0 saturated heterocycles. The molecule has 38 heavy (non-hydrogen) atoms. The van der Waals surface area contributed by atoms with Crippen LogP contribution in [0.15, 0.2) is 83.8 Å². The van der Waals surface area contributed by atoms with Crippen LogP contribution < -0.4 is 14.4 Å². The van der Waals surface area contributed by atoms with Gasteiger partial charge in [-0.2, -0.15) is 0 Å². The average molecular weight is 558 g/mol. The Morgan fingerprint density at radius 2 is 1.66 bits per heavy atom. The van der Waals surface area contributed by atoms with E-state index in [0.717, 1.165) is 9.87 Å². The second-order valence-corrected chi connectivity index (χ2v) is 10.8. The predicted octanol–water partition coefficient (Wildman–Crippen LogP) is 4.49. The van der Waals surface area contributed by atoms with Crippen LogP contribution in [0.3, 0.4) is 0 Å². The van der Waals surface area contributed by atoms with Crippen molar-refractivity contribution in [3.63, 3.8) is 0 Å². The van der Waals surface area contributed by atoms with E-state index >= 15 is 0 Å². The molecule has 0 radical (unpaired) electrons. The van der Waals surface area contributed by atoms with E-state index in [2.05, 4.69) is 5.32 Å². The second-order valence-electron chi connectivity index (χ2n) is 8.49. The number of anilines is 1. The van der Waals surface area contributed by atoms with Gasteiger partial charge in [0.25, 0.3) is 10.0 Å². The largest absolute Gasteiger partial charge is 0.497 e. The van der Waals surface area contributed by atoms with Crippen molar-refractivity contribution in [1.82, 2.24) is 10.2 Å². The highest BCUT2D eigenvalue weighted by molar-refractivity contribution is 7.92. The van der Waals surface area contributed by atoms with Crippen LogP contribution in [0.5, 0.6) is 5.75 Å². The minimum Gasteiger partial charge on any atom is -0.497 e. The zero-order valence-corrected chi connectivity index (χ0v) is 23.2. The lowest BCUT2D eigenvalue weighted by molar-refractivity contribution is -0.140. The number of carbonyl (C=O) groups is 2. The summed E-state index contributed by atoms with van der Waals surface area (Å²) in [5.41, 5.74) is 1.01. The number of rotatable bonds is 12. The molecular formula is C28H32ClN3O5S. The first-order chi connectivity index (χ1) is 18.2. The molecule has 3 rings (SSSR count). The lowest BCUT2D eigenvalue weighted by Gasteiger charge is -2.33. The van der Waals surface area contributed by atoms with E-state index in [-0.39, 0.29) is 23.0 Å². The van der Waals surface area contributed by atoms with Gasteiger partial charge in [0, 0.05) is 18.1 Å². The van der Waals surface area contributed by atoms with Crippen molar-refractivity contribution in [2.75, 3.05) is 24.5 Å². The summed E-state index contributed by atoms with van der Waals surface area (Å²) in [7, 11) is -2.57. The third-order valence-corrected chi connectivity index (χ3v) is 7.98. The lowest BCUT2D eigenvalue weighted by atomic mass is 10.1. The average Bonchev–Trinajstić information content (AvgIpc) is 2.92. The Hall–Kier alpha value is -3.56. The molecule has 0 spiro atoms. The van der Waals surface area contributed by atoms with Crippen molar-refractivity contribution in [2.45, 2.75) is 37.8 Å². The Labute approximate surface area is 229 Å². The minimum atomic E-state index is -4.13. The van der Waals surface area contributed by atoms with Gasteiger partial charge in [-0.15, -0.1) is 0 Å². The van der Waals surface area contributed by atoms with Gasteiger partial charge in [-0.05, 0) is 61.4 Å². The molecule has 1 atom stereocenters. The molecule has 1 N–H and O–H groups in total. The van der Waals surface area contributed by atoms with E-state index < -0.39 is 28.5 Å². The SMILES string of the molecule is CCNC(=O)C(CC)N(Cc1ccc(OC)cc1)C(=O)CN(c1cccc(Cl)c1)S(=O)(=O)c1ccccc1. The summed E-state index contributed by atoms with van der Waals surface area (Å²) in [5, 5.41) is 3.11. The van der Waals surface area contributed by atoms with E-state index in [9.17, 15) is 18.0 Å². The van der Waals surface area contributed by atoms with E-state index in [4.69, 9.17) is 16.3 Å². The van der Waals surface area contributed by atoms with E-state index in [1.54, 1.807) is 74.7 Å². The van der Waals surface area contributed by atoms with E-state index in [0.29, 0.717) is 23.7 Å². The molecule has 0 bridgehead atoms. The van der Waals surface area contributed by atoms with Gasteiger partial charge in [0.15, 0.2) is 0 Å². The van der Waals surface area contributed by atoms with E-state index in [1.165, 1.54) is 23.1 Å². The van der Waals surface area contributed by atoms with Gasteiger partial charge < -0.3 is 15.0 Å². The van der Waals surface area contributed by atoms with Gasteiger partial charge in [0.1, 0.15) is 18.3 Å². The molecule has 3 aromatic carbocycles. The number of nitrogens with one attached hydrogen (secondary N) is 1. The molecule has 0 aliphatic heterocycles. The summed E-state index contributed by atoms with van der Waals surface area (Å²) < 4.78 is 33.7. The van der Waals surface area contributed by atoms with Crippen molar-refractivity contribution in [3.05, 3.63) is 89.4 Å². The number of hydrogen-bond acceptors (Lipinski definition) is 5. The standard InChI is InChI=1S/C28H32ClN3O5S/c1-4-26(28(34)30-5-2)31(19-21-14-16-24(37-3)17-15-21)27(33)20-32(23-11-9-10-22(29)18-23)38(35,36)25-12-7-6-8-13-25/h6-18,26H,4-5,19-20H2,1-3H3,(H,30,34). The number of amides is 2. The molecule has 0 heterocycles. The maximum atomic E-state index is 13.9. The molecule has 0 aliphatic rings. The monoisotopic (exact) mass is 557 g/mol. The summed E-state index contributed by atoms with van der Waals surface area (Å²) in [6, 6.07) is 20.5. The summed E-state index contributed by atoms with van der Waals surface area (Å²) in [5.74, 6) is -0.182. The topological polar surface area (TPSA) is 96.0 Å². The molecule has 8 nitrogen and oxygen atoms in total. The van der Waals surface area contributed by atoms with Crippen molar-refractivity contribution < 1.29 is 22.7 Å². The number of likely N-dealkylation sites (N-methyl/N-ethyl adjacent to an activating group) is 1. The fraction of sp³-hybridized carbons (Fsp3) is 0.286. The molecule has 0 saturated carbocycles.